The highest BCUT2D eigenvalue weighted by atomic mass is 19.4. The Hall–Kier alpha value is -1.56. The monoisotopic (exact) mass is 507 g/mol. The number of carbonyl (C=O) groups is 1. The van der Waals surface area contributed by atoms with Gasteiger partial charge in [-0.2, -0.15) is 13.2 Å². The van der Waals surface area contributed by atoms with Crippen LogP contribution in [0.1, 0.15) is 108 Å². The van der Waals surface area contributed by atoms with Crippen LogP contribution in [0.15, 0.2) is 24.3 Å². The summed E-state index contributed by atoms with van der Waals surface area (Å²) in [4.78, 5) is 14.2. The molecule has 202 valence electrons. The van der Waals surface area contributed by atoms with Crippen molar-refractivity contribution in [2.24, 2.45) is 23.2 Å². The second-order valence-electron chi connectivity index (χ2n) is 12.6. The fourth-order valence-electron chi connectivity index (χ4n) is 7.45. The Balaban J connectivity index is 1.62. The maximum atomic E-state index is 13.3. The molecule has 1 unspecified atom stereocenters. The third kappa shape index (κ3) is 6.85. The SMILES string of the molecule is CC1(C)CCCCC1CN(CC1CCCC1)[C@@H]1CC[C@@H](CC(=O)O)C[C@H]1c1ccc(C(F)(F)F)cc1. The first-order valence-electron chi connectivity index (χ1n) is 14.2. The molecule has 1 N–H and O–H groups in total. The van der Waals surface area contributed by atoms with E-state index in [1.54, 1.807) is 12.1 Å². The lowest BCUT2D eigenvalue weighted by atomic mass is 9.67. The highest BCUT2D eigenvalue weighted by Crippen LogP contribution is 2.45. The molecule has 3 aliphatic carbocycles. The molecular weight excluding hydrogens is 463 g/mol. The Morgan fingerprint density at radius 3 is 2.22 bits per heavy atom. The molecule has 6 heteroatoms. The highest BCUT2D eigenvalue weighted by Gasteiger charge is 2.40. The van der Waals surface area contributed by atoms with E-state index in [1.165, 1.54) is 63.5 Å². The molecule has 1 aromatic rings. The van der Waals surface area contributed by atoms with Crippen LogP contribution in [0.5, 0.6) is 0 Å². The molecule has 4 rings (SSSR count). The number of carboxylic acid groups (broad SMARTS) is 1. The van der Waals surface area contributed by atoms with Crippen molar-refractivity contribution >= 4 is 5.97 Å². The molecule has 0 aromatic heterocycles. The maximum absolute atomic E-state index is 13.3. The number of hydrogen-bond acceptors (Lipinski definition) is 2. The van der Waals surface area contributed by atoms with Crippen LogP contribution in [0.3, 0.4) is 0 Å². The van der Waals surface area contributed by atoms with Gasteiger partial charge in [0.25, 0.3) is 0 Å². The Kier molecular flexibility index (Phi) is 8.74. The van der Waals surface area contributed by atoms with Crippen LogP contribution in [0.2, 0.25) is 0 Å². The average molecular weight is 508 g/mol. The number of benzene rings is 1. The van der Waals surface area contributed by atoms with E-state index >= 15 is 0 Å². The van der Waals surface area contributed by atoms with E-state index in [2.05, 4.69) is 18.7 Å². The predicted octanol–water partition coefficient (Wildman–Crippen LogP) is 8.14. The Morgan fingerprint density at radius 2 is 1.61 bits per heavy atom. The van der Waals surface area contributed by atoms with Crippen molar-refractivity contribution < 1.29 is 23.1 Å². The number of nitrogens with zero attached hydrogens (tertiary/aromatic N) is 1. The lowest BCUT2D eigenvalue weighted by molar-refractivity contribution is -0.139. The Bertz CT molecular complexity index is 860. The molecule has 0 aliphatic heterocycles. The predicted molar refractivity (Wildman–Crippen MR) is 137 cm³/mol. The van der Waals surface area contributed by atoms with Crippen molar-refractivity contribution in [3.05, 3.63) is 35.4 Å². The van der Waals surface area contributed by atoms with E-state index in [9.17, 15) is 23.1 Å². The van der Waals surface area contributed by atoms with Gasteiger partial charge in [0.05, 0.1) is 5.56 Å². The van der Waals surface area contributed by atoms with E-state index < -0.39 is 17.7 Å². The van der Waals surface area contributed by atoms with E-state index in [4.69, 9.17) is 0 Å². The Morgan fingerprint density at radius 1 is 0.944 bits per heavy atom. The molecule has 0 amide bonds. The number of aliphatic carboxylic acids is 1. The van der Waals surface area contributed by atoms with Crippen LogP contribution in [0, 0.1) is 23.2 Å². The van der Waals surface area contributed by atoms with Crippen LogP contribution >= 0.6 is 0 Å². The summed E-state index contributed by atoms with van der Waals surface area (Å²) in [5.41, 5.74) is 0.617. The second kappa shape index (κ2) is 11.4. The molecular formula is C30H44F3NO2. The molecule has 0 heterocycles. The minimum atomic E-state index is -4.35. The molecule has 0 spiro atoms. The molecule has 3 nitrogen and oxygen atoms in total. The summed E-state index contributed by atoms with van der Waals surface area (Å²) in [7, 11) is 0. The number of carboxylic acids is 1. The van der Waals surface area contributed by atoms with Gasteiger partial charge in [-0.05, 0) is 91.7 Å². The van der Waals surface area contributed by atoms with Gasteiger partial charge in [0.2, 0.25) is 0 Å². The molecule has 3 fully saturated rings. The molecule has 3 saturated carbocycles. The van der Waals surface area contributed by atoms with Crippen LogP contribution in [0.25, 0.3) is 0 Å². The molecule has 3 aliphatic rings. The van der Waals surface area contributed by atoms with Crippen molar-refractivity contribution in [1.29, 1.82) is 0 Å². The van der Waals surface area contributed by atoms with Crippen molar-refractivity contribution in [3.63, 3.8) is 0 Å². The van der Waals surface area contributed by atoms with Crippen LogP contribution in [-0.2, 0) is 11.0 Å². The van der Waals surface area contributed by atoms with Gasteiger partial charge in [0.15, 0.2) is 0 Å². The first-order valence-corrected chi connectivity index (χ1v) is 14.2. The third-order valence-corrected chi connectivity index (χ3v) is 9.67. The van der Waals surface area contributed by atoms with E-state index in [0.717, 1.165) is 37.9 Å². The minimum absolute atomic E-state index is 0.0680. The molecule has 36 heavy (non-hydrogen) atoms. The summed E-state index contributed by atoms with van der Waals surface area (Å²) < 4.78 is 39.8. The smallest absolute Gasteiger partial charge is 0.416 e. The topological polar surface area (TPSA) is 40.5 Å². The number of alkyl halides is 3. The van der Waals surface area contributed by atoms with Gasteiger partial charge < -0.3 is 5.11 Å². The van der Waals surface area contributed by atoms with Crippen molar-refractivity contribution in [2.45, 2.75) is 109 Å². The van der Waals surface area contributed by atoms with E-state index in [-0.39, 0.29) is 24.3 Å². The van der Waals surface area contributed by atoms with Gasteiger partial charge in [-0.3, -0.25) is 9.69 Å². The maximum Gasteiger partial charge on any atom is 0.416 e. The molecule has 0 radical (unpaired) electrons. The summed E-state index contributed by atoms with van der Waals surface area (Å²) in [5, 5.41) is 9.45. The summed E-state index contributed by atoms with van der Waals surface area (Å²) in [6.07, 6.45) is 8.51. The molecule has 0 saturated heterocycles. The van der Waals surface area contributed by atoms with Gasteiger partial charge in [0, 0.05) is 25.6 Å². The zero-order valence-electron chi connectivity index (χ0n) is 22.0. The van der Waals surface area contributed by atoms with E-state index in [1.807, 2.05) is 0 Å². The highest BCUT2D eigenvalue weighted by molar-refractivity contribution is 5.67. The second-order valence-corrected chi connectivity index (χ2v) is 12.6. The zero-order valence-corrected chi connectivity index (χ0v) is 22.0. The fourth-order valence-corrected chi connectivity index (χ4v) is 7.45. The first kappa shape index (κ1) is 27.5. The van der Waals surface area contributed by atoms with Crippen LogP contribution in [-0.4, -0.2) is 35.1 Å². The lowest BCUT2D eigenvalue weighted by Crippen LogP contribution is -2.49. The first-order chi connectivity index (χ1) is 17.0. The summed E-state index contributed by atoms with van der Waals surface area (Å²) >= 11 is 0. The molecule has 1 aromatic carbocycles. The average Bonchev–Trinajstić information content (AvgIpc) is 3.32. The fraction of sp³-hybridized carbons (Fsp3) is 0.767. The van der Waals surface area contributed by atoms with Gasteiger partial charge in [-0.1, -0.05) is 51.7 Å². The quantitative estimate of drug-likeness (QED) is 0.386. The van der Waals surface area contributed by atoms with Crippen LogP contribution in [0.4, 0.5) is 13.2 Å². The van der Waals surface area contributed by atoms with Crippen molar-refractivity contribution in [1.82, 2.24) is 4.90 Å². The van der Waals surface area contributed by atoms with Crippen molar-refractivity contribution in [3.8, 4) is 0 Å². The van der Waals surface area contributed by atoms with Crippen molar-refractivity contribution in [2.75, 3.05) is 13.1 Å². The third-order valence-electron chi connectivity index (χ3n) is 9.67. The zero-order chi connectivity index (χ0) is 25.9. The van der Waals surface area contributed by atoms with Gasteiger partial charge >= 0.3 is 12.1 Å². The Labute approximate surface area is 214 Å². The summed E-state index contributed by atoms with van der Waals surface area (Å²) in [6, 6.07) is 5.98. The largest absolute Gasteiger partial charge is 0.481 e. The lowest BCUT2D eigenvalue weighted by Gasteiger charge is -2.48. The number of halogens is 3. The van der Waals surface area contributed by atoms with Crippen LogP contribution < -0.4 is 0 Å². The van der Waals surface area contributed by atoms with Gasteiger partial charge in [0.1, 0.15) is 0 Å². The van der Waals surface area contributed by atoms with E-state index in [0.29, 0.717) is 17.3 Å². The number of hydrogen-bond donors (Lipinski definition) is 1. The summed E-state index contributed by atoms with van der Waals surface area (Å²) in [5.74, 6) is 0.680. The number of rotatable bonds is 8. The van der Waals surface area contributed by atoms with Gasteiger partial charge in [-0.25, -0.2) is 0 Å². The minimum Gasteiger partial charge on any atom is -0.481 e. The molecule has 0 bridgehead atoms. The molecule has 4 atom stereocenters. The summed E-state index contributed by atoms with van der Waals surface area (Å²) in [6.45, 7) is 6.93. The normalized spacial score (nSPS) is 29.5. The van der Waals surface area contributed by atoms with Gasteiger partial charge in [-0.15, -0.1) is 0 Å². The standard InChI is InChI=1S/C30H44F3NO2/c1-29(2)16-6-5-9-25(29)20-34(19-21-7-3-4-8-21)27-15-10-22(18-28(35)36)17-26(27)23-11-13-24(14-12-23)30(31,32)33/h11-14,21-22,25-27H,3-10,15-20H2,1-2H3,(H,35,36)/t22-,25?,26+,27-/m1/s1.